The molecule has 0 aliphatic heterocycles. The summed E-state index contributed by atoms with van der Waals surface area (Å²) in [7, 11) is 0. The largest absolute Gasteiger partial charge is 0.550 e. The Kier molecular flexibility index (Phi) is 3.25. The zero-order chi connectivity index (χ0) is 9.84. The van der Waals surface area contributed by atoms with Crippen molar-refractivity contribution in [1.29, 1.82) is 0 Å². The highest BCUT2D eigenvalue weighted by Crippen LogP contribution is 2.19. The summed E-state index contributed by atoms with van der Waals surface area (Å²) in [5.74, 6) is -1.69. The Bertz CT molecular complexity index is 305. The van der Waals surface area contributed by atoms with Crippen LogP contribution in [0.3, 0.4) is 0 Å². The third kappa shape index (κ3) is 2.70. The molecule has 0 spiro atoms. The molecule has 0 amide bonds. The number of benzene rings is 1. The molecular formula is C9H7ClFO2-. The number of carbonyl (C=O) groups excluding carboxylic acids is 1. The standard InChI is InChI=1S/C9H8ClFO2/c10-7-2-1-3-8(11)6(7)4-5-9(12)13/h1-3H,4-5H2,(H,12,13)/p-1. The van der Waals surface area contributed by atoms with E-state index in [9.17, 15) is 14.3 Å². The molecule has 4 heteroatoms. The second kappa shape index (κ2) is 4.23. The molecule has 0 aliphatic carbocycles. The predicted octanol–water partition coefficient (Wildman–Crippen LogP) is 1.16. The number of carboxylic acids is 1. The normalized spacial score (nSPS) is 10.0. The molecule has 13 heavy (non-hydrogen) atoms. The van der Waals surface area contributed by atoms with Crippen LogP contribution in [0, 0.1) is 5.82 Å². The number of carboxylic acid groups (broad SMARTS) is 1. The van der Waals surface area contributed by atoms with Gasteiger partial charge in [-0.1, -0.05) is 17.7 Å². The highest BCUT2D eigenvalue weighted by Gasteiger charge is 2.05. The van der Waals surface area contributed by atoms with Gasteiger partial charge in [0.2, 0.25) is 0 Å². The van der Waals surface area contributed by atoms with Crippen LogP contribution in [-0.2, 0) is 11.2 Å². The summed E-state index contributed by atoms with van der Waals surface area (Å²) in [6.07, 6.45) is -0.158. The van der Waals surface area contributed by atoms with E-state index in [4.69, 9.17) is 11.6 Å². The van der Waals surface area contributed by atoms with Crippen molar-refractivity contribution < 1.29 is 14.3 Å². The van der Waals surface area contributed by atoms with E-state index in [0.29, 0.717) is 0 Å². The molecule has 1 aromatic carbocycles. The molecule has 0 bridgehead atoms. The van der Waals surface area contributed by atoms with Gasteiger partial charge in [0.15, 0.2) is 0 Å². The number of hydrogen-bond donors (Lipinski definition) is 0. The Balaban J connectivity index is 2.81. The van der Waals surface area contributed by atoms with Gasteiger partial charge in [0, 0.05) is 16.6 Å². The molecule has 0 heterocycles. The summed E-state index contributed by atoms with van der Waals surface area (Å²) in [5, 5.41) is 10.4. The van der Waals surface area contributed by atoms with Crippen LogP contribution in [0.1, 0.15) is 12.0 Å². The summed E-state index contributed by atoms with van der Waals surface area (Å²) in [4.78, 5) is 10.1. The SMILES string of the molecule is O=C([O-])CCc1c(F)cccc1Cl. The molecule has 0 N–H and O–H groups in total. The van der Waals surface area contributed by atoms with E-state index in [0.717, 1.165) is 0 Å². The first-order chi connectivity index (χ1) is 6.11. The van der Waals surface area contributed by atoms with Crippen LogP contribution in [0.4, 0.5) is 4.39 Å². The van der Waals surface area contributed by atoms with Gasteiger partial charge in [-0.2, -0.15) is 0 Å². The van der Waals surface area contributed by atoms with Crippen LogP contribution in [0.25, 0.3) is 0 Å². The van der Waals surface area contributed by atoms with Crippen LogP contribution in [-0.4, -0.2) is 5.97 Å². The van der Waals surface area contributed by atoms with Crippen LogP contribution < -0.4 is 5.11 Å². The predicted molar refractivity (Wildman–Crippen MR) is 44.7 cm³/mol. The van der Waals surface area contributed by atoms with Crippen molar-refractivity contribution in [3.05, 3.63) is 34.6 Å². The fourth-order valence-electron chi connectivity index (χ4n) is 0.998. The number of rotatable bonds is 3. The van der Waals surface area contributed by atoms with Crippen LogP contribution in [0.15, 0.2) is 18.2 Å². The fraction of sp³-hybridized carbons (Fsp3) is 0.222. The summed E-state index contributed by atoms with van der Waals surface area (Å²) in [5.41, 5.74) is 0.230. The topological polar surface area (TPSA) is 40.1 Å². The van der Waals surface area contributed by atoms with Crippen molar-refractivity contribution in [2.75, 3.05) is 0 Å². The molecule has 0 aliphatic rings. The minimum atomic E-state index is -1.21. The maximum Gasteiger partial charge on any atom is 0.127 e. The zero-order valence-electron chi connectivity index (χ0n) is 6.72. The molecule has 2 nitrogen and oxygen atoms in total. The third-order valence-electron chi connectivity index (χ3n) is 1.64. The van der Waals surface area contributed by atoms with E-state index in [1.165, 1.54) is 18.2 Å². The minimum Gasteiger partial charge on any atom is -0.550 e. The molecule has 0 radical (unpaired) electrons. The summed E-state index contributed by atoms with van der Waals surface area (Å²) >= 11 is 5.66. The first-order valence-electron chi connectivity index (χ1n) is 3.74. The van der Waals surface area contributed by atoms with Gasteiger partial charge in [-0.15, -0.1) is 0 Å². The van der Waals surface area contributed by atoms with Crippen molar-refractivity contribution in [2.24, 2.45) is 0 Å². The van der Waals surface area contributed by atoms with E-state index >= 15 is 0 Å². The maximum absolute atomic E-state index is 13.0. The van der Waals surface area contributed by atoms with E-state index in [2.05, 4.69) is 0 Å². The lowest BCUT2D eigenvalue weighted by molar-refractivity contribution is -0.305. The van der Waals surface area contributed by atoms with E-state index in [1.807, 2.05) is 0 Å². The monoisotopic (exact) mass is 201 g/mol. The van der Waals surface area contributed by atoms with Crippen LogP contribution in [0.2, 0.25) is 5.02 Å². The average molecular weight is 202 g/mol. The summed E-state index contributed by atoms with van der Waals surface area (Å²) in [6.45, 7) is 0. The molecule has 0 aromatic heterocycles. The molecule has 0 unspecified atom stereocenters. The quantitative estimate of drug-likeness (QED) is 0.737. The number of carbonyl (C=O) groups is 1. The van der Waals surface area contributed by atoms with Gasteiger partial charge in [0.05, 0.1) is 0 Å². The molecule has 0 saturated carbocycles. The molecular weight excluding hydrogens is 195 g/mol. The van der Waals surface area contributed by atoms with Crippen molar-refractivity contribution in [3.63, 3.8) is 0 Å². The van der Waals surface area contributed by atoms with Gasteiger partial charge >= 0.3 is 0 Å². The Morgan fingerprint density at radius 3 is 2.77 bits per heavy atom. The average Bonchev–Trinajstić information content (AvgIpc) is 2.03. The van der Waals surface area contributed by atoms with Gasteiger partial charge in [0.1, 0.15) is 5.82 Å². The van der Waals surface area contributed by atoms with Gasteiger partial charge in [0.25, 0.3) is 0 Å². The van der Waals surface area contributed by atoms with E-state index < -0.39 is 11.8 Å². The number of aliphatic carboxylic acids is 1. The smallest absolute Gasteiger partial charge is 0.127 e. The number of hydrogen-bond acceptors (Lipinski definition) is 2. The van der Waals surface area contributed by atoms with Gasteiger partial charge in [-0.3, -0.25) is 0 Å². The second-order valence-electron chi connectivity index (χ2n) is 2.57. The minimum absolute atomic E-state index is 0.0633. The summed E-state index contributed by atoms with van der Waals surface area (Å²) in [6, 6.07) is 4.24. The van der Waals surface area contributed by atoms with Crippen molar-refractivity contribution in [2.45, 2.75) is 12.8 Å². The van der Waals surface area contributed by atoms with E-state index in [1.54, 1.807) is 0 Å². The van der Waals surface area contributed by atoms with Gasteiger partial charge in [-0.25, -0.2) is 4.39 Å². The Morgan fingerprint density at radius 2 is 2.23 bits per heavy atom. The van der Waals surface area contributed by atoms with Crippen molar-refractivity contribution in [1.82, 2.24) is 0 Å². The Labute approximate surface area is 80.0 Å². The highest BCUT2D eigenvalue weighted by molar-refractivity contribution is 6.31. The first kappa shape index (κ1) is 9.99. The Morgan fingerprint density at radius 1 is 1.54 bits per heavy atom. The van der Waals surface area contributed by atoms with Crippen LogP contribution >= 0.6 is 11.6 Å². The highest BCUT2D eigenvalue weighted by atomic mass is 35.5. The fourth-order valence-corrected chi connectivity index (χ4v) is 1.26. The lowest BCUT2D eigenvalue weighted by Crippen LogP contribution is -2.22. The van der Waals surface area contributed by atoms with Gasteiger partial charge < -0.3 is 9.90 Å². The zero-order valence-corrected chi connectivity index (χ0v) is 7.47. The molecule has 0 atom stereocenters. The lowest BCUT2D eigenvalue weighted by Gasteiger charge is -2.05. The lowest BCUT2D eigenvalue weighted by atomic mass is 10.1. The second-order valence-corrected chi connectivity index (χ2v) is 2.98. The first-order valence-corrected chi connectivity index (χ1v) is 4.12. The molecule has 1 rings (SSSR count). The Hall–Kier alpha value is -1.09. The molecule has 0 fully saturated rings. The number of halogens is 2. The molecule has 0 saturated heterocycles. The third-order valence-corrected chi connectivity index (χ3v) is 1.99. The summed E-state index contributed by atoms with van der Waals surface area (Å²) < 4.78 is 13.0. The van der Waals surface area contributed by atoms with Crippen LogP contribution in [0.5, 0.6) is 0 Å². The van der Waals surface area contributed by atoms with Crippen molar-refractivity contribution >= 4 is 17.6 Å². The maximum atomic E-state index is 13.0. The van der Waals surface area contributed by atoms with E-state index in [-0.39, 0.29) is 23.4 Å². The molecule has 1 aromatic rings. The van der Waals surface area contributed by atoms with Crippen molar-refractivity contribution in [3.8, 4) is 0 Å². The molecule has 70 valence electrons. The van der Waals surface area contributed by atoms with Gasteiger partial charge in [-0.05, 0) is 25.0 Å².